The third-order valence-corrected chi connectivity index (χ3v) is 3.32. The lowest BCUT2D eigenvalue weighted by atomic mass is 10.2. The first-order chi connectivity index (χ1) is 9.65. The van der Waals surface area contributed by atoms with Gasteiger partial charge < -0.3 is 10.4 Å². The lowest BCUT2D eigenvalue weighted by Crippen LogP contribution is -2.22. The summed E-state index contributed by atoms with van der Waals surface area (Å²) in [6.07, 6.45) is 5.43. The summed E-state index contributed by atoms with van der Waals surface area (Å²) in [5, 5.41) is 20.4. The van der Waals surface area contributed by atoms with Gasteiger partial charge in [-0.05, 0) is 29.2 Å². The van der Waals surface area contributed by atoms with Crippen molar-refractivity contribution in [2.24, 2.45) is 0 Å². The summed E-state index contributed by atoms with van der Waals surface area (Å²) < 4.78 is 0. The lowest BCUT2D eigenvalue weighted by Gasteiger charge is -2.02. The molecular weight excluding hydrogens is 278 g/mol. The fraction of sp³-hybridized carbons (Fsp3) is 0.0769. The highest BCUT2D eigenvalue weighted by molar-refractivity contribution is 7.10. The molecule has 0 aliphatic rings. The number of carbonyl (C=O) groups excluding carboxylic acids is 1. The molecule has 7 heteroatoms. The Morgan fingerprint density at radius 1 is 1.40 bits per heavy atom. The van der Waals surface area contributed by atoms with E-state index in [0.717, 1.165) is 16.5 Å². The molecule has 0 aliphatic carbocycles. The molecule has 102 valence electrons. The Hall–Kier alpha value is -2.54. The van der Waals surface area contributed by atoms with Crippen LogP contribution < -0.4 is 5.32 Å². The summed E-state index contributed by atoms with van der Waals surface area (Å²) >= 11 is 1.45. The summed E-state index contributed by atoms with van der Waals surface area (Å²) in [5.74, 6) is -1.22. The molecule has 0 aromatic carbocycles. The summed E-state index contributed by atoms with van der Waals surface area (Å²) in [5.41, 5.74) is 1.25. The number of carboxylic acids is 1. The molecule has 0 radical (unpaired) electrons. The SMILES string of the molecule is O=C(O)/C=C/c1csc(CNC(=O)c2ccnnc2)c1. The zero-order valence-corrected chi connectivity index (χ0v) is 11.1. The van der Waals surface area contributed by atoms with Gasteiger partial charge in [0.05, 0.1) is 24.5 Å². The number of rotatable bonds is 5. The summed E-state index contributed by atoms with van der Waals surface area (Å²) in [4.78, 5) is 23.1. The van der Waals surface area contributed by atoms with Crippen LogP contribution in [0.15, 0.2) is 36.0 Å². The first kappa shape index (κ1) is 13.9. The van der Waals surface area contributed by atoms with Gasteiger partial charge in [-0.25, -0.2) is 4.79 Å². The average molecular weight is 289 g/mol. The minimum atomic E-state index is -0.990. The van der Waals surface area contributed by atoms with Crippen molar-refractivity contribution in [3.8, 4) is 0 Å². The minimum absolute atomic E-state index is 0.226. The molecule has 0 atom stereocenters. The van der Waals surface area contributed by atoms with Gasteiger partial charge in [-0.3, -0.25) is 4.79 Å². The molecule has 2 rings (SSSR count). The van der Waals surface area contributed by atoms with E-state index in [1.165, 1.54) is 29.8 Å². The van der Waals surface area contributed by atoms with Gasteiger partial charge in [-0.15, -0.1) is 11.3 Å². The average Bonchev–Trinajstić information content (AvgIpc) is 2.91. The van der Waals surface area contributed by atoms with Crippen molar-refractivity contribution < 1.29 is 14.7 Å². The number of carboxylic acid groups (broad SMARTS) is 1. The van der Waals surface area contributed by atoms with E-state index in [0.29, 0.717) is 12.1 Å². The second-order valence-electron chi connectivity index (χ2n) is 3.83. The van der Waals surface area contributed by atoms with E-state index < -0.39 is 5.97 Å². The largest absolute Gasteiger partial charge is 0.478 e. The quantitative estimate of drug-likeness (QED) is 0.815. The normalized spacial score (nSPS) is 10.6. The summed E-state index contributed by atoms with van der Waals surface area (Å²) in [7, 11) is 0. The molecule has 0 spiro atoms. The number of aromatic nitrogens is 2. The maximum atomic E-state index is 11.8. The minimum Gasteiger partial charge on any atom is -0.478 e. The molecule has 0 unspecified atom stereocenters. The van der Waals surface area contributed by atoms with E-state index in [1.807, 2.05) is 11.4 Å². The van der Waals surface area contributed by atoms with Gasteiger partial charge in [-0.1, -0.05) is 0 Å². The van der Waals surface area contributed by atoms with Crippen molar-refractivity contribution >= 4 is 29.3 Å². The zero-order chi connectivity index (χ0) is 14.4. The van der Waals surface area contributed by atoms with Gasteiger partial charge in [0.2, 0.25) is 0 Å². The van der Waals surface area contributed by atoms with Crippen molar-refractivity contribution in [1.82, 2.24) is 15.5 Å². The second-order valence-corrected chi connectivity index (χ2v) is 4.83. The Bertz CT molecular complexity index is 637. The molecule has 2 N–H and O–H groups in total. The second kappa shape index (κ2) is 6.58. The van der Waals surface area contributed by atoms with E-state index >= 15 is 0 Å². The van der Waals surface area contributed by atoms with Crippen LogP contribution in [0, 0.1) is 0 Å². The molecule has 1 amide bonds. The van der Waals surface area contributed by atoms with Crippen LogP contribution in [-0.2, 0) is 11.3 Å². The molecule has 2 aromatic rings. The molecule has 6 nitrogen and oxygen atoms in total. The molecule has 2 aromatic heterocycles. The first-order valence-corrected chi connectivity index (χ1v) is 6.56. The van der Waals surface area contributed by atoms with Crippen molar-refractivity contribution in [3.05, 3.63) is 52.0 Å². The third-order valence-electron chi connectivity index (χ3n) is 2.36. The number of nitrogens with one attached hydrogen (secondary N) is 1. The summed E-state index contributed by atoms with van der Waals surface area (Å²) in [6, 6.07) is 3.41. The number of thiophene rings is 1. The first-order valence-electron chi connectivity index (χ1n) is 5.68. The van der Waals surface area contributed by atoms with E-state index in [2.05, 4.69) is 15.5 Å². The lowest BCUT2D eigenvalue weighted by molar-refractivity contribution is -0.131. The highest BCUT2D eigenvalue weighted by Gasteiger charge is 2.06. The Kier molecular flexibility index (Phi) is 4.56. The molecule has 0 fully saturated rings. The standard InChI is InChI=1S/C13H11N3O3S/c17-12(18)2-1-9-5-11(20-8-9)7-14-13(19)10-3-4-15-16-6-10/h1-6,8H,7H2,(H,14,19)(H,17,18)/b2-1+. The van der Waals surface area contributed by atoms with Crippen LogP contribution in [0.4, 0.5) is 0 Å². The van der Waals surface area contributed by atoms with Crippen LogP contribution in [-0.4, -0.2) is 27.2 Å². The Labute approximate surface area is 118 Å². The smallest absolute Gasteiger partial charge is 0.328 e. The highest BCUT2D eigenvalue weighted by atomic mass is 32.1. The predicted molar refractivity (Wildman–Crippen MR) is 74.2 cm³/mol. The molecule has 0 saturated carbocycles. The van der Waals surface area contributed by atoms with Gasteiger partial charge in [0.25, 0.3) is 5.91 Å². The van der Waals surface area contributed by atoms with Crippen molar-refractivity contribution in [2.45, 2.75) is 6.54 Å². The number of hydrogen-bond donors (Lipinski definition) is 2. The van der Waals surface area contributed by atoms with E-state index in [9.17, 15) is 9.59 Å². The van der Waals surface area contributed by atoms with Crippen LogP contribution in [0.2, 0.25) is 0 Å². The monoisotopic (exact) mass is 289 g/mol. The van der Waals surface area contributed by atoms with Crippen LogP contribution in [0.5, 0.6) is 0 Å². The number of nitrogens with zero attached hydrogens (tertiary/aromatic N) is 2. The van der Waals surface area contributed by atoms with Gasteiger partial charge >= 0.3 is 5.97 Å². The van der Waals surface area contributed by atoms with Gasteiger partial charge in [-0.2, -0.15) is 10.2 Å². The maximum Gasteiger partial charge on any atom is 0.328 e. The fourth-order valence-corrected chi connectivity index (χ4v) is 2.23. The van der Waals surface area contributed by atoms with Gasteiger partial charge in [0, 0.05) is 11.0 Å². The van der Waals surface area contributed by atoms with E-state index in [-0.39, 0.29) is 5.91 Å². The highest BCUT2D eigenvalue weighted by Crippen LogP contribution is 2.16. The number of hydrogen-bond acceptors (Lipinski definition) is 5. The van der Waals surface area contributed by atoms with Gasteiger partial charge in [0.15, 0.2) is 0 Å². The molecule has 0 saturated heterocycles. The number of aliphatic carboxylic acids is 1. The zero-order valence-electron chi connectivity index (χ0n) is 10.3. The van der Waals surface area contributed by atoms with Crippen molar-refractivity contribution in [1.29, 1.82) is 0 Å². The van der Waals surface area contributed by atoms with Crippen LogP contribution in [0.25, 0.3) is 6.08 Å². The maximum absolute atomic E-state index is 11.8. The Morgan fingerprint density at radius 3 is 2.95 bits per heavy atom. The molecular formula is C13H11N3O3S. The predicted octanol–water partition coefficient (Wildman–Crippen LogP) is 1.57. The van der Waals surface area contributed by atoms with Crippen molar-refractivity contribution in [2.75, 3.05) is 0 Å². The van der Waals surface area contributed by atoms with E-state index in [4.69, 9.17) is 5.11 Å². The molecule has 0 aliphatic heterocycles. The molecule has 2 heterocycles. The fourth-order valence-electron chi connectivity index (χ4n) is 1.44. The van der Waals surface area contributed by atoms with Crippen LogP contribution in [0.1, 0.15) is 20.8 Å². The third kappa shape index (κ3) is 3.99. The Morgan fingerprint density at radius 2 is 2.25 bits per heavy atom. The summed E-state index contributed by atoms with van der Waals surface area (Å²) in [6.45, 7) is 0.382. The molecule has 20 heavy (non-hydrogen) atoms. The van der Waals surface area contributed by atoms with Crippen molar-refractivity contribution in [3.63, 3.8) is 0 Å². The van der Waals surface area contributed by atoms with Gasteiger partial charge in [0.1, 0.15) is 0 Å². The topological polar surface area (TPSA) is 92.2 Å². The number of carbonyl (C=O) groups is 2. The van der Waals surface area contributed by atoms with Crippen LogP contribution in [0.3, 0.4) is 0 Å². The Balaban J connectivity index is 1.92. The van der Waals surface area contributed by atoms with Crippen LogP contribution >= 0.6 is 11.3 Å². The van der Waals surface area contributed by atoms with E-state index in [1.54, 1.807) is 6.07 Å². The molecule has 0 bridgehead atoms. The number of amides is 1.